The summed E-state index contributed by atoms with van der Waals surface area (Å²) in [6.07, 6.45) is -2.61. The number of hydrogen-bond donors (Lipinski definition) is 2. The Morgan fingerprint density at radius 1 is 1.32 bits per heavy atom. The van der Waals surface area contributed by atoms with Crippen LogP contribution in [0.1, 0.15) is 23.3 Å². The molecule has 9 heteroatoms. The van der Waals surface area contributed by atoms with Gasteiger partial charge in [-0.25, -0.2) is 0 Å². The molecule has 1 amide bonds. The van der Waals surface area contributed by atoms with Crippen molar-refractivity contribution in [3.63, 3.8) is 0 Å². The molecule has 1 atom stereocenters. The molecule has 4 heterocycles. The first kappa shape index (κ1) is 16.2. The lowest BCUT2D eigenvalue weighted by atomic mass is 9.84. The van der Waals surface area contributed by atoms with Gasteiger partial charge >= 0.3 is 6.36 Å². The Hall–Kier alpha value is -2.29. The van der Waals surface area contributed by atoms with Gasteiger partial charge in [0.05, 0.1) is 5.52 Å². The smallest absolute Gasteiger partial charge is 0.406 e. The van der Waals surface area contributed by atoms with Gasteiger partial charge in [-0.05, 0) is 44.0 Å². The number of H-pyrrole nitrogens is 1. The zero-order chi connectivity index (χ0) is 17.6. The van der Waals surface area contributed by atoms with Crippen molar-refractivity contribution in [2.24, 2.45) is 5.92 Å². The minimum Gasteiger partial charge on any atom is -0.406 e. The van der Waals surface area contributed by atoms with Gasteiger partial charge in [0, 0.05) is 24.0 Å². The second-order valence-electron chi connectivity index (χ2n) is 6.55. The van der Waals surface area contributed by atoms with Crippen LogP contribution in [0.3, 0.4) is 0 Å². The summed E-state index contributed by atoms with van der Waals surface area (Å²) in [6.45, 7) is 2.98. The Labute approximate surface area is 141 Å². The van der Waals surface area contributed by atoms with Crippen LogP contribution in [0.25, 0.3) is 10.9 Å². The van der Waals surface area contributed by atoms with Gasteiger partial charge < -0.3 is 15.0 Å². The van der Waals surface area contributed by atoms with Crippen LogP contribution in [-0.2, 0) is 0 Å². The molecule has 1 aromatic carbocycles. The number of halogens is 3. The number of nitrogens with zero attached hydrogens (tertiary/aromatic N) is 2. The SMILES string of the molecule is O=C(N[C@H]1CN2CCC1CC2)c1n[nH]c2cc(OC(F)(F)F)ccc12. The topological polar surface area (TPSA) is 70.2 Å². The van der Waals surface area contributed by atoms with E-state index in [9.17, 15) is 18.0 Å². The molecular formula is C16H17F3N4O2. The fourth-order valence-electron chi connectivity index (χ4n) is 3.73. The molecule has 2 N–H and O–H groups in total. The van der Waals surface area contributed by atoms with Crippen LogP contribution >= 0.6 is 0 Å². The standard InChI is InChI=1S/C16H17F3N4O2/c17-16(18,19)25-10-1-2-11-12(7-10)21-22-14(11)15(24)20-13-8-23-5-3-9(13)4-6-23/h1-2,7,9,13H,3-6,8H2,(H,20,24)(H,21,22)/t13-/m0/s1. The predicted octanol–water partition coefficient (Wildman–Crippen LogP) is 2.29. The van der Waals surface area contributed by atoms with Gasteiger partial charge in [-0.2, -0.15) is 5.10 Å². The Morgan fingerprint density at radius 2 is 2.08 bits per heavy atom. The molecule has 3 fully saturated rings. The van der Waals surface area contributed by atoms with Crippen molar-refractivity contribution in [3.8, 4) is 5.75 Å². The summed E-state index contributed by atoms with van der Waals surface area (Å²) in [7, 11) is 0. The van der Waals surface area contributed by atoms with E-state index in [1.807, 2.05) is 0 Å². The average molecular weight is 354 g/mol. The Kier molecular flexibility index (Phi) is 3.82. The minimum atomic E-state index is -4.76. The minimum absolute atomic E-state index is 0.0922. The number of hydrogen-bond acceptors (Lipinski definition) is 4. The van der Waals surface area contributed by atoms with Gasteiger partial charge in [0.15, 0.2) is 5.69 Å². The van der Waals surface area contributed by atoms with E-state index >= 15 is 0 Å². The summed E-state index contributed by atoms with van der Waals surface area (Å²) in [5.41, 5.74) is 0.505. The lowest BCUT2D eigenvalue weighted by Gasteiger charge is -2.44. The number of fused-ring (bicyclic) bond motifs is 4. The quantitative estimate of drug-likeness (QED) is 0.887. The van der Waals surface area contributed by atoms with E-state index in [0.29, 0.717) is 16.8 Å². The van der Waals surface area contributed by atoms with E-state index < -0.39 is 6.36 Å². The van der Waals surface area contributed by atoms with Crippen LogP contribution in [0.4, 0.5) is 13.2 Å². The highest BCUT2D eigenvalue weighted by molar-refractivity contribution is 6.05. The highest BCUT2D eigenvalue weighted by atomic mass is 19.4. The van der Waals surface area contributed by atoms with Crippen molar-refractivity contribution >= 4 is 16.8 Å². The summed E-state index contributed by atoms with van der Waals surface area (Å²) in [6, 6.07) is 3.86. The molecule has 3 aliphatic heterocycles. The van der Waals surface area contributed by atoms with Gasteiger partial charge in [-0.3, -0.25) is 9.89 Å². The maximum Gasteiger partial charge on any atom is 0.573 e. The number of piperidine rings is 3. The Balaban J connectivity index is 1.52. The van der Waals surface area contributed by atoms with Crippen molar-refractivity contribution in [3.05, 3.63) is 23.9 Å². The molecule has 2 aromatic rings. The maximum atomic E-state index is 12.6. The highest BCUT2D eigenvalue weighted by Gasteiger charge is 2.35. The third kappa shape index (κ3) is 3.28. The molecule has 1 aromatic heterocycles. The highest BCUT2D eigenvalue weighted by Crippen LogP contribution is 2.29. The van der Waals surface area contributed by atoms with Crippen LogP contribution in [0.5, 0.6) is 5.75 Å². The molecule has 0 aliphatic carbocycles. The number of nitrogens with one attached hydrogen (secondary N) is 2. The summed E-state index contributed by atoms with van der Waals surface area (Å²) >= 11 is 0. The zero-order valence-electron chi connectivity index (χ0n) is 13.3. The number of ether oxygens (including phenoxy) is 1. The lowest BCUT2D eigenvalue weighted by Crippen LogP contribution is -2.57. The van der Waals surface area contributed by atoms with Crippen molar-refractivity contribution in [2.45, 2.75) is 25.2 Å². The first-order chi connectivity index (χ1) is 11.9. The molecule has 5 rings (SSSR count). The third-order valence-corrected chi connectivity index (χ3v) is 4.96. The maximum absolute atomic E-state index is 12.6. The van der Waals surface area contributed by atoms with Gasteiger partial charge in [0.1, 0.15) is 5.75 Å². The molecule has 25 heavy (non-hydrogen) atoms. The second kappa shape index (κ2) is 5.91. The molecule has 6 nitrogen and oxygen atoms in total. The number of carbonyl (C=O) groups excluding carboxylic acids is 1. The van der Waals surface area contributed by atoms with E-state index in [4.69, 9.17) is 0 Å². The number of benzene rings is 1. The second-order valence-corrected chi connectivity index (χ2v) is 6.55. The van der Waals surface area contributed by atoms with E-state index in [1.54, 1.807) is 0 Å². The Morgan fingerprint density at radius 3 is 2.72 bits per heavy atom. The predicted molar refractivity (Wildman–Crippen MR) is 83.2 cm³/mol. The van der Waals surface area contributed by atoms with Crippen molar-refractivity contribution < 1.29 is 22.7 Å². The number of carbonyl (C=O) groups is 1. The normalized spacial score (nSPS) is 26.0. The van der Waals surface area contributed by atoms with Crippen molar-refractivity contribution in [1.82, 2.24) is 20.4 Å². The van der Waals surface area contributed by atoms with E-state index in [0.717, 1.165) is 32.5 Å². The fraction of sp³-hybridized carbons (Fsp3) is 0.500. The van der Waals surface area contributed by atoms with E-state index in [2.05, 4.69) is 25.2 Å². The third-order valence-electron chi connectivity index (χ3n) is 4.96. The van der Waals surface area contributed by atoms with Gasteiger partial charge in [0.2, 0.25) is 0 Å². The van der Waals surface area contributed by atoms with Crippen LogP contribution in [-0.4, -0.2) is 53.0 Å². The van der Waals surface area contributed by atoms with Gasteiger partial charge in [-0.15, -0.1) is 13.2 Å². The van der Waals surface area contributed by atoms with Crippen molar-refractivity contribution in [2.75, 3.05) is 19.6 Å². The van der Waals surface area contributed by atoms with E-state index in [1.165, 1.54) is 18.2 Å². The van der Waals surface area contributed by atoms with Crippen LogP contribution in [0.15, 0.2) is 18.2 Å². The van der Waals surface area contributed by atoms with Gasteiger partial charge in [0.25, 0.3) is 5.91 Å². The summed E-state index contributed by atoms with van der Waals surface area (Å²) in [5.74, 6) is -0.187. The fourth-order valence-corrected chi connectivity index (χ4v) is 3.73. The van der Waals surface area contributed by atoms with Gasteiger partial charge in [-0.1, -0.05) is 0 Å². The number of alkyl halides is 3. The molecule has 134 valence electrons. The first-order valence-corrected chi connectivity index (χ1v) is 8.16. The number of aromatic nitrogens is 2. The monoisotopic (exact) mass is 354 g/mol. The van der Waals surface area contributed by atoms with Crippen LogP contribution < -0.4 is 10.1 Å². The Bertz CT molecular complexity index is 796. The number of amides is 1. The number of rotatable bonds is 3. The molecule has 0 saturated carbocycles. The number of aromatic amines is 1. The van der Waals surface area contributed by atoms with Crippen LogP contribution in [0.2, 0.25) is 0 Å². The molecular weight excluding hydrogens is 337 g/mol. The summed E-state index contributed by atoms with van der Waals surface area (Å²) in [4.78, 5) is 14.9. The molecule has 3 aliphatic rings. The largest absolute Gasteiger partial charge is 0.573 e. The van der Waals surface area contributed by atoms with Crippen LogP contribution in [0, 0.1) is 5.92 Å². The molecule has 0 radical (unpaired) electrons. The zero-order valence-corrected chi connectivity index (χ0v) is 13.3. The molecule has 0 unspecified atom stereocenters. The molecule has 0 spiro atoms. The summed E-state index contributed by atoms with van der Waals surface area (Å²) < 4.78 is 40.8. The lowest BCUT2D eigenvalue weighted by molar-refractivity contribution is -0.274. The molecule has 2 bridgehead atoms. The average Bonchev–Trinajstić information content (AvgIpc) is 2.97. The van der Waals surface area contributed by atoms with Crippen molar-refractivity contribution in [1.29, 1.82) is 0 Å². The molecule has 3 saturated heterocycles. The first-order valence-electron chi connectivity index (χ1n) is 8.16. The summed E-state index contributed by atoms with van der Waals surface area (Å²) in [5, 5.41) is 10.1. The van der Waals surface area contributed by atoms with E-state index in [-0.39, 0.29) is 23.4 Å².